The molecule has 0 aromatic heterocycles. The highest BCUT2D eigenvalue weighted by atomic mass is 127. The topological polar surface area (TPSA) is 18.5 Å². The van der Waals surface area contributed by atoms with Gasteiger partial charge < -0.3 is 8.85 Å². The van der Waals surface area contributed by atoms with Gasteiger partial charge in [-0.3, -0.25) is 0 Å². The van der Waals surface area contributed by atoms with E-state index in [9.17, 15) is 0 Å². The average molecular weight is 771 g/mol. The molecule has 2 aliphatic rings. The second kappa shape index (κ2) is 15.3. The maximum Gasteiger partial charge on any atom is 0.261 e. The lowest BCUT2D eigenvalue weighted by Crippen LogP contribution is -2.67. The molecule has 0 aliphatic heterocycles. The van der Waals surface area contributed by atoms with E-state index in [4.69, 9.17) is 8.85 Å². The molecule has 0 radical (unpaired) electrons. The van der Waals surface area contributed by atoms with Crippen molar-refractivity contribution < 1.29 is 8.85 Å². The molecule has 0 saturated heterocycles. The van der Waals surface area contributed by atoms with Crippen LogP contribution in [0.25, 0.3) is 0 Å². The minimum absolute atomic E-state index is 0.0425. The maximum atomic E-state index is 7.78. The van der Waals surface area contributed by atoms with Crippen LogP contribution in [0.2, 0.25) is 21.7 Å². The van der Waals surface area contributed by atoms with Crippen molar-refractivity contribution in [1.29, 1.82) is 0 Å². The summed E-state index contributed by atoms with van der Waals surface area (Å²) in [7, 11) is -4.70. The molecule has 0 bridgehead atoms. The summed E-state index contributed by atoms with van der Waals surface area (Å²) in [6.07, 6.45) is 5.35. The van der Waals surface area contributed by atoms with Gasteiger partial charge in [-0.25, -0.2) is 0 Å². The average Bonchev–Trinajstić information content (AvgIpc) is 3.00. The predicted molar refractivity (Wildman–Crippen MR) is 213 cm³/mol. The number of rotatable bonds is 11. The Morgan fingerprint density at radius 1 is 0.870 bits per heavy atom. The van der Waals surface area contributed by atoms with Gasteiger partial charge in [-0.1, -0.05) is 170 Å². The number of benzene rings is 2. The molecule has 46 heavy (non-hydrogen) atoms. The van der Waals surface area contributed by atoms with E-state index < -0.39 is 16.6 Å². The minimum Gasteiger partial charge on any atom is -0.413 e. The van der Waals surface area contributed by atoms with E-state index >= 15 is 0 Å². The number of fused-ring (bicyclic) bond motifs is 1. The van der Waals surface area contributed by atoms with Crippen molar-refractivity contribution in [1.82, 2.24) is 0 Å². The molecule has 254 valence electrons. The summed E-state index contributed by atoms with van der Waals surface area (Å²) in [5.74, 6) is 2.37. The molecule has 0 heterocycles. The smallest absolute Gasteiger partial charge is 0.261 e. The van der Waals surface area contributed by atoms with Gasteiger partial charge in [-0.15, -0.1) is 0 Å². The summed E-state index contributed by atoms with van der Waals surface area (Å²) in [6, 6.07) is 22.4. The van der Waals surface area contributed by atoms with Crippen molar-refractivity contribution in [2.75, 3.05) is 6.61 Å². The molecule has 0 spiro atoms. The van der Waals surface area contributed by atoms with E-state index in [-0.39, 0.29) is 11.1 Å². The zero-order chi connectivity index (χ0) is 34.0. The van der Waals surface area contributed by atoms with E-state index in [0.717, 1.165) is 6.61 Å². The van der Waals surface area contributed by atoms with Crippen LogP contribution in [0, 0.1) is 29.6 Å². The number of allylic oxidation sites excluding steroid dienone is 2. The van der Waals surface area contributed by atoms with Crippen LogP contribution in [0.3, 0.4) is 0 Å². The van der Waals surface area contributed by atoms with Gasteiger partial charge in [0.25, 0.3) is 8.32 Å². The zero-order valence-corrected chi connectivity index (χ0v) is 35.1. The fourth-order valence-electron chi connectivity index (χ4n) is 10.1. The van der Waals surface area contributed by atoms with Crippen LogP contribution < -0.4 is 10.4 Å². The van der Waals surface area contributed by atoms with Crippen LogP contribution in [0.1, 0.15) is 95.9 Å². The van der Waals surface area contributed by atoms with E-state index in [1.165, 1.54) is 34.4 Å². The number of halogens is 1. The summed E-state index contributed by atoms with van der Waals surface area (Å²) in [5, 5.41) is 2.69. The highest BCUT2D eigenvalue weighted by Crippen LogP contribution is 2.54. The van der Waals surface area contributed by atoms with Gasteiger partial charge in [0.05, 0.1) is 6.10 Å². The Morgan fingerprint density at radius 3 is 1.80 bits per heavy atom. The first kappa shape index (κ1) is 37.8. The van der Waals surface area contributed by atoms with E-state index in [1.807, 2.05) is 0 Å². The molecule has 1 saturated carbocycles. The Bertz CT molecular complexity index is 1270. The summed E-state index contributed by atoms with van der Waals surface area (Å²) in [4.78, 5) is 0. The predicted octanol–water partition coefficient (Wildman–Crippen LogP) is 11.3. The molecule has 0 amide bonds. The van der Waals surface area contributed by atoms with E-state index in [1.54, 1.807) is 0 Å². The van der Waals surface area contributed by atoms with Crippen molar-refractivity contribution in [3.05, 3.63) is 82.0 Å². The lowest BCUT2D eigenvalue weighted by Gasteiger charge is -2.54. The quantitative estimate of drug-likeness (QED) is 0.129. The summed E-state index contributed by atoms with van der Waals surface area (Å²) >= 11 is 2.47. The fourth-order valence-corrected chi connectivity index (χ4v) is 20.7. The standard InChI is InChI=1S/C41H63IO2Si2/c1-28(2)45(29(3)4,30(5)6)44-38-24-23-31(7)40-36(38)25-32(8)39(33(9)26-42)37(40)27-43-46(41(10,11)12,34-19-15-13-16-20-34)35-21-17-14-18-22-35/h13-22,25-26,28-31,36-40H,23-24,27H2,1-12H3/b33-26+/t31-,36-,37+,38-,39-,40+/m0/s1. The number of hydrogen-bond acceptors (Lipinski definition) is 2. The summed E-state index contributed by atoms with van der Waals surface area (Å²) in [5.41, 5.74) is 4.74. The first-order valence-corrected chi connectivity index (χ1v) is 23.3. The maximum absolute atomic E-state index is 7.78. The van der Waals surface area contributed by atoms with Crippen molar-refractivity contribution in [3.8, 4) is 0 Å². The van der Waals surface area contributed by atoms with Crippen LogP contribution in [-0.2, 0) is 8.85 Å². The van der Waals surface area contributed by atoms with Gasteiger partial charge >= 0.3 is 0 Å². The third-order valence-corrected chi connectivity index (χ3v) is 24.1. The van der Waals surface area contributed by atoms with Gasteiger partial charge in [0.2, 0.25) is 8.32 Å². The molecule has 6 atom stereocenters. The summed E-state index contributed by atoms with van der Waals surface area (Å²) in [6.45, 7) is 29.9. The van der Waals surface area contributed by atoms with Gasteiger partial charge in [-0.2, -0.15) is 0 Å². The van der Waals surface area contributed by atoms with Crippen LogP contribution >= 0.6 is 22.6 Å². The molecule has 2 aliphatic carbocycles. The van der Waals surface area contributed by atoms with Crippen LogP contribution in [-0.4, -0.2) is 29.3 Å². The van der Waals surface area contributed by atoms with E-state index in [0.29, 0.717) is 46.2 Å². The zero-order valence-electron chi connectivity index (χ0n) is 30.9. The third kappa shape index (κ3) is 7.01. The molecule has 2 aromatic rings. The van der Waals surface area contributed by atoms with Crippen molar-refractivity contribution in [2.45, 2.75) is 124 Å². The lowest BCUT2D eigenvalue weighted by atomic mass is 9.57. The molecule has 5 heteroatoms. The van der Waals surface area contributed by atoms with Crippen LogP contribution in [0.5, 0.6) is 0 Å². The Balaban J connectivity index is 1.84. The van der Waals surface area contributed by atoms with E-state index in [2.05, 4.69) is 176 Å². The normalized spacial score (nSPS) is 26.4. The molecule has 0 unspecified atom stereocenters. The highest BCUT2D eigenvalue weighted by molar-refractivity contribution is 14.1. The Labute approximate surface area is 298 Å². The molecule has 2 aromatic carbocycles. The molecule has 0 N–H and O–H groups in total. The van der Waals surface area contributed by atoms with Gasteiger partial charge in [0.1, 0.15) is 0 Å². The van der Waals surface area contributed by atoms with Crippen LogP contribution in [0.4, 0.5) is 0 Å². The SMILES string of the molecule is CC1=C[C@@H]2[C@H]([C@H](CO[Si](c3ccccc3)(c3ccccc3)C(C)(C)C)[C@@H]1/C(C)=C/I)[C@@H](C)CC[C@@H]2O[Si](C(C)C)(C(C)C)C(C)C. The van der Waals surface area contributed by atoms with Gasteiger partial charge in [-0.05, 0) is 80.6 Å². The monoisotopic (exact) mass is 770 g/mol. The lowest BCUT2D eigenvalue weighted by molar-refractivity contribution is -0.0187. The minimum atomic E-state index is -2.67. The Kier molecular flexibility index (Phi) is 12.6. The molecular weight excluding hydrogens is 708 g/mol. The van der Waals surface area contributed by atoms with Crippen LogP contribution in [0.15, 0.2) is 82.0 Å². The molecular formula is C41H63IO2Si2. The van der Waals surface area contributed by atoms with Gasteiger partial charge in [0, 0.05) is 18.4 Å². The van der Waals surface area contributed by atoms with Gasteiger partial charge in [0.15, 0.2) is 0 Å². The first-order chi connectivity index (χ1) is 21.6. The molecule has 2 nitrogen and oxygen atoms in total. The van der Waals surface area contributed by atoms with Crippen molar-refractivity contribution >= 4 is 49.6 Å². The molecule has 4 rings (SSSR count). The molecule has 1 fully saturated rings. The second-order valence-corrected chi connectivity index (χ2v) is 26.9. The third-order valence-electron chi connectivity index (χ3n) is 11.9. The second-order valence-electron chi connectivity index (χ2n) is 16.6. The number of hydrogen-bond donors (Lipinski definition) is 0. The Morgan fingerprint density at radius 2 is 1.37 bits per heavy atom. The van der Waals surface area contributed by atoms with Crippen molar-refractivity contribution in [3.63, 3.8) is 0 Å². The largest absolute Gasteiger partial charge is 0.413 e. The van der Waals surface area contributed by atoms with Crippen molar-refractivity contribution in [2.24, 2.45) is 29.6 Å². The first-order valence-electron chi connectivity index (χ1n) is 18.0. The fraction of sp³-hybridized carbons (Fsp3) is 0.610. The Hall–Kier alpha value is -0.996. The summed E-state index contributed by atoms with van der Waals surface area (Å²) < 4.78 is 17.8. The highest BCUT2D eigenvalue weighted by Gasteiger charge is 2.55.